The number of ether oxygens (including phenoxy) is 3. The maximum absolute atomic E-state index is 13.4. The number of halogens is 6. The molecule has 0 saturated carbocycles. The van der Waals surface area contributed by atoms with E-state index < -0.39 is 35.0 Å². The topological polar surface area (TPSA) is 27.7 Å². The van der Waals surface area contributed by atoms with Gasteiger partial charge in [-0.05, 0) is 48.5 Å². The summed E-state index contributed by atoms with van der Waals surface area (Å²) < 4.78 is 97.1. The number of para-hydroxylation sites is 6. The van der Waals surface area contributed by atoms with Crippen molar-refractivity contribution in [2.45, 2.75) is 12.4 Å². The summed E-state index contributed by atoms with van der Waals surface area (Å²) in [5.41, 5.74) is -1.94. The van der Waals surface area contributed by atoms with Gasteiger partial charge in [0.15, 0.2) is 23.0 Å². The van der Waals surface area contributed by atoms with Gasteiger partial charge in [0.05, 0.1) is 11.1 Å². The number of hydrogen-bond acceptors (Lipinski definition) is 3. The first-order valence-corrected chi connectivity index (χ1v) is 10.2. The van der Waals surface area contributed by atoms with Crippen molar-refractivity contribution in [3.05, 3.63) is 108 Å². The van der Waals surface area contributed by atoms with Gasteiger partial charge in [0.25, 0.3) is 0 Å². The fraction of sp³-hybridized carbons (Fsp3) is 0.0769. The van der Waals surface area contributed by atoms with Crippen molar-refractivity contribution in [3.8, 4) is 34.5 Å². The first-order valence-electron chi connectivity index (χ1n) is 10.2. The van der Waals surface area contributed by atoms with Crippen molar-refractivity contribution >= 4 is 0 Å². The van der Waals surface area contributed by atoms with Crippen LogP contribution in [0, 0.1) is 0 Å². The molecule has 0 aromatic heterocycles. The maximum Gasteiger partial charge on any atom is 0.419 e. The SMILES string of the molecule is FC(F)(F)c1ccccc1Oc1ccccc1Oc1ccccc1Oc1ccccc1C(F)(F)F. The Bertz CT molecular complexity index is 1210. The molecular formula is C26H16F6O3. The summed E-state index contributed by atoms with van der Waals surface area (Å²) in [6.45, 7) is 0. The lowest BCUT2D eigenvalue weighted by Gasteiger charge is -2.18. The molecule has 0 amide bonds. The van der Waals surface area contributed by atoms with E-state index >= 15 is 0 Å². The zero-order valence-corrected chi connectivity index (χ0v) is 17.7. The molecule has 0 atom stereocenters. The van der Waals surface area contributed by atoms with Gasteiger partial charge in [0, 0.05) is 0 Å². The summed E-state index contributed by atoms with van der Waals surface area (Å²) in [5, 5.41) is 0. The minimum atomic E-state index is -4.64. The minimum Gasteiger partial charge on any atom is -0.453 e. The maximum atomic E-state index is 13.4. The summed E-state index contributed by atoms with van der Waals surface area (Å²) >= 11 is 0. The van der Waals surface area contributed by atoms with Gasteiger partial charge in [-0.3, -0.25) is 0 Å². The average molecular weight is 490 g/mol. The molecule has 0 aliphatic carbocycles. The molecule has 0 fully saturated rings. The van der Waals surface area contributed by atoms with Crippen LogP contribution in [-0.4, -0.2) is 0 Å². The van der Waals surface area contributed by atoms with Crippen LogP contribution in [0.4, 0.5) is 26.3 Å². The summed E-state index contributed by atoms with van der Waals surface area (Å²) in [6.07, 6.45) is -9.28. The molecule has 0 spiro atoms. The summed E-state index contributed by atoms with van der Waals surface area (Å²) in [6, 6.07) is 21.3. The Morgan fingerprint density at radius 3 is 0.857 bits per heavy atom. The summed E-state index contributed by atoms with van der Waals surface area (Å²) in [5.74, 6) is -0.863. The van der Waals surface area contributed by atoms with E-state index in [-0.39, 0.29) is 23.0 Å². The van der Waals surface area contributed by atoms with Crippen molar-refractivity contribution in [2.24, 2.45) is 0 Å². The van der Waals surface area contributed by atoms with Gasteiger partial charge in [-0.2, -0.15) is 26.3 Å². The Labute approximate surface area is 196 Å². The van der Waals surface area contributed by atoms with Gasteiger partial charge in [0.1, 0.15) is 11.5 Å². The smallest absolute Gasteiger partial charge is 0.419 e. The first-order chi connectivity index (χ1) is 16.6. The van der Waals surface area contributed by atoms with Crippen molar-refractivity contribution in [1.29, 1.82) is 0 Å². The molecule has 0 unspecified atom stereocenters. The Hall–Kier alpha value is -4.14. The van der Waals surface area contributed by atoms with Crippen LogP contribution < -0.4 is 14.2 Å². The van der Waals surface area contributed by atoms with Crippen LogP contribution in [-0.2, 0) is 12.4 Å². The second kappa shape index (κ2) is 9.61. The highest BCUT2D eigenvalue weighted by Gasteiger charge is 2.35. The van der Waals surface area contributed by atoms with Crippen molar-refractivity contribution < 1.29 is 40.6 Å². The fourth-order valence-electron chi connectivity index (χ4n) is 3.17. The highest BCUT2D eigenvalue weighted by molar-refractivity contribution is 5.51. The van der Waals surface area contributed by atoms with Gasteiger partial charge < -0.3 is 14.2 Å². The third-order valence-corrected chi connectivity index (χ3v) is 4.74. The zero-order valence-electron chi connectivity index (χ0n) is 17.7. The van der Waals surface area contributed by atoms with Crippen LogP contribution in [0.15, 0.2) is 97.1 Å². The van der Waals surface area contributed by atoms with Crippen LogP contribution in [0.25, 0.3) is 0 Å². The van der Waals surface area contributed by atoms with E-state index in [0.717, 1.165) is 12.1 Å². The first kappa shape index (κ1) is 24.0. The molecule has 3 nitrogen and oxygen atoms in total. The largest absolute Gasteiger partial charge is 0.453 e. The molecule has 0 aliphatic rings. The molecule has 0 bridgehead atoms. The Morgan fingerprint density at radius 1 is 0.343 bits per heavy atom. The number of hydrogen-bond donors (Lipinski definition) is 0. The van der Waals surface area contributed by atoms with Crippen molar-refractivity contribution in [3.63, 3.8) is 0 Å². The normalized spacial score (nSPS) is 11.7. The molecule has 4 rings (SSSR count). The third kappa shape index (κ3) is 5.68. The molecule has 9 heteroatoms. The lowest BCUT2D eigenvalue weighted by molar-refractivity contribution is -0.139. The third-order valence-electron chi connectivity index (χ3n) is 4.74. The molecule has 0 heterocycles. The van der Waals surface area contributed by atoms with Crippen molar-refractivity contribution in [2.75, 3.05) is 0 Å². The number of alkyl halides is 6. The molecule has 4 aromatic carbocycles. The van der Waals surface area contributed by atoms with E-state index in [1.54, 1.807) is 24.3 Å². The fourth-order valence-corrected chi connectivity index (χ4v) is 3.17. The summed E-state index contributed by atoms with van der Waals surface area (Å²) in [7, 11) is 0. The molecule has 0 aliphatic heterocycles. The standard InChI is InChI=1S/C26H16F6O3/c27-25(28,29)17-9-1-3-11-19(17)33-21-13-5-7-15-23(21)35-24-16-8-6-14-22(24)34-20-12-4-2-10-18(20)26(30,31)32/h1-16H. The minimum absolute atomic E-state index is 0.0321. The molecule has 180 valence electrons. The van der Waals surface area contributed by atoms with Crippen LogP contribution in [0.1, 0.15) is 11.1 Å². The quantitative estimate of drug-likeness (QED) is 0.252. The Kier molecular flexibility index (Phi) is 6.59. The highest BCUT2D eigenvalue weighted by Crippen LogP contribution is 2.44. The van der Waals surface area contributed by atoms with Crippen molar-refractivity contribution in [1.82, 2.24) is 0 Å². The lowest BCUT2D eigenvalue weighted by atomic mass is 10.2. The van der Waals surface area contributed by atoms with Gasteiger partial charge in [0.2, 0.25) is 0 Å². The molecular weight excluding hydrogens is 474 g/mol. The molecule has 35 heavy (non-hydrogen) atoms. The Balaban J connectivity index is 1.65. The van der Waals surface area contributed by atoms with Crippen LogP contribution in [0.2, 0.25) is 0 Å². The van der Waals surface area contributed by atoms with Gasteiger partial charge in [-0.1, -0.05) is 48.5 Å². The van der Waals surface area contributed by atoms with E-state index in [1.807, 2.05) is 0 Å². The van der Waals surface area contributed by atoms with Crippen LogP contribution in [0.3, 0.4) is 0 Å². The molecule has 0 saturated heterocycles. The highest BCUT2D eigenvalue weighted by atomic mass is 19.4. The van der Waals surface area contributed by atoms with Gasteiger partial charge in [-0.25, -0.2) is 0 Å². The number of benzene rings is 4. The zero-order chi connectivity index (χ0) is 25.1. The van der Waals surface area contributed by atoms with E-state index in [1.165, 1.54) is 60.7 Å². The number of rotatable bonds is 6. The van der Waals surface area contributed by atoms with Crippen LogP contribution in [0.5, 0.6) is 34.5 Å². The predicted octanol–water partition coefficient (Wildman–Crippen LogP) is 9.10. The van der Waals surface area contributed by atoms with E-state index in [9.17, 15) is 26.3 Å². The lowest BCUT2D eigenvalue weighted by Crippen LogP contribution is -2.07. The molecule has 0 N–H and O–H groups in total. The van der Waals surface area contributed by atoms with Gasteiger partial charge >= 0.3 is 12.4 Å². The van der Waals surface area contributed by atoms with Crippen LogP contribution >= 0.6 is 0 Å². The van der Waals surface area contributed by atoms with E-state index in [4.69, 9.17) is 14.2 Å². The summed E-state index contributed by atoms with van der Waals surface area (Å²) in [4.78, 5) is 0. The molecule has 4 aromatic rings. The monoisotopic (exact) mass is 490 g/mol. The second-order valence-corrected chi connectivity index (χ2v) is 7.19. The van der Waals surface area contributed by atoms with E-state index in [0.29, 0.717) is 0 Å². The Morgan fingerprint density at radius 2 is 0.571 bits per heavy atom. The average Bonchev–Trinajstić information content (AvgIpc) is 2.81. The second-order valence-electron chi connectivity index (χ2n) is 7.19. The molecule has 0 radical (unpaired) electrons. The predicted molar refractivity (Wildman–Crippen MR) is 116 cm³/mol. The van der Waals surface area contributed by atoms with E-state index in [2.05, 4.69) is 0 Å². The van der Waals surface area contributed by atoms with Gasteiger partial charge in [-0.15, -0.1) is 0 Å².